The molecule has 0 radical (unpaired) electrons. The number of rotatable bonds is 4. The van der Waals surface area contributed by atoms with Crippen molar-refractivity contribution >= 4 is 17.3 Å². The van der Waals surface area contributed by atoms with E-state index in [1.54, 1.807) is 0 Å². The molecule has 1 aliphatic heterocycles. The number of thiocarbonyl (C=S) groups is 1. The Balaban J connectivity index is 1.74. The van der Waals surface area contributed by atoms with Crippen molar-refractivity contribution in [1.82, 2.24) is 24.8 Å². The molecule has 4 heterocycles. The number of hydrogen-bond donors (Lipinski definition) is 1. The summed E-state index contributed by atoms with van der Waals surface area (Å²) in [5.41, 5.74) is 3.17. The van der Waals surface area contributed by atoms with Gasteiger partial charge in [0, 0.05) is 31.3 Å². The smallest absolute Gasteiger partial charge is 0.170 e. The van der Waals surface area contributed by atoms with Crippen molar-refractivity contribution in [2.24, 2.45) is 7.05 Å². The summed E-state index contributed by atoms with van der Waals surface area (Å²) in [4.78, 5) is 11.2. The number of hydrogen-bond acceptors (Lipinski definition) is 3. The van der Waals surface area contributed by atoms with Crippen molar-refractivity contribution in [3.05, 3.63) is 84.2 Å². The first-order valence-corrected chi connectivity index (χ1v) is 8.64. The lowest BCUT2D eigenvalue weighted by atomic mass is 10.0. The average molecular weight is 349 g/mol. The van der Waals surface area contributed by atoms with Crippen LogP contribution in [0.5, 0.6) is 0 Å². The van der Waals surface area contributed by atoms with E-state index in [9.17, 15) is 0 Å². The third-order valence-electron chi connectivity index (χ3n) is 4.54. The van der Waals surface area contributed by atoms with Crippen LogP contribution in [0.15, 0.2) is 67.1 Å². The normalized spacial score (nSPS) is 19.9. The first-order valence-electron chi connectivity index (χ1n) is 8.23. The Labute approximate surface area is 152 Å². The van der Waals surface area contributed by atoms with Crippen LogP contribution in [0, 0.1) is 0 Å². The van der Waals surface area contributed by atoms with Gasteiger partial charge in [0.25, 0.3) is 0 Å². The Bertz CT molecular complexity index is 862. The molecule has 5 nitrogen and oxygen atoms in total. The lowest BCUT2D eigenvalue weighted by molar-refractivity contribution is 0.297. The van der Waals surface area contributed by atoms with Gasteiger partial charge >= 0.3 is 0 Å². The highest BCUT2D eigenvalue weighted by atomic mass is 32.1. The Kier molecular flexibility index (Phi) is 4.19. The summed E-state index contributed by atoms with van der Waals surface area (Å²) in [6.07, 6.45) is 5.70. The monoisotopic (exact) mass is 349 g/mol. The molecule has 126 valence electrons. The second kappa shape index (κ2) is 6.64. The van der Waals surface area contributed by atoms with Gasteiger partial charge in [-0.3, -0.25) is 9.97 Å². The van der Waals surface area contributed by atoms with E-state index in [0.29, 0.717) is 6.54 Å². The van der Waals surface area contributed by atoms with E-state index in [2.05, 4.69) is 50.1 Å². The van der Waals surface area contributed by atoms with Gasteiger partial charge in [-0.25, -0.2) is 0 Å². The van der Waals surface area contributed by atoms with Crippen LogP contribution in [0.2, 0.25) is 0 Å². The molecule has 6 heteroatoms. The van der Waals surface area contributed by atoms with Crippen LogP contribution in [0.1, 0.15) is 29.2 Å². The molecule has 1 fully saturated rings. The van der Waals surface area contributed by atoms with Gasteiger partial charge in [-0.15, -0.1) is 0 Å². The highest BCUT2D eigenvalue weighted by molar-refractivity contribution is 7.80. The third-order valence-corrected chi connectivity index (χ3v) is 4.90. The largest absolute Gasteiger partial charge is 0.353 e. The number of aromatic nitrogens is 3. The van der Waals surface area contributed by atoms with Crippen molar-refractivity contribution in [2.45, 2.75) is 18.6 Å². The van der Waals surface area contributed by atoms with Gasteiger partial charge in [0.2, 0.25) is 0 Å². The van der Waals surface area contributed by atoms with Crippen molar-refractivity contribution in [3.63, 3.8) is 0 Å². The Hall–Kier alpha value is -2.73. The molecule has 0 bridgehead atoms. The van der Waals surface area contributed by atoms with Gasteiger partial charge in [0.15, 0.2) is 5.11 Å². The van der Waals surface area contributed by atoms with Crippen LogP contribution in [0.3, 0.4) is 0 Å². The van der Waals surface area contributed by atoms with E-state index in [1.165, 1.54) is 5.69 Å². The van der Waals surface area contributed by atoms with E-state index in [-0.39, 0.29) is 12.1 Å². The molecule has 0 saturated carbocycles. The zero-order valence-electron chi connectivity index (χ0n) is 13.9. The zero-order valence-corrected chi connectivity index (χ0v) is 14.7. The first-order chi connectivity index (χ1) is 12.2. The molecule has 1 N–H and O–H groups in total. The number of pyridine rings is 2. The number of aryl methyl sites for hydroxylation is 1. The van der Waals surface area contributed by atoms with Crippen LogP contribution in [-0.4, -0.2) is 24.5 Å². The highest BCUT2D eigenvalue weighted by Crippen LogP contribution is 2.39. The Morgan fingerprint density at radius 1 is 1.04 bits per heavy atom. The van der Waals surface area contributed by atoms with E-state index in [1.807, 2.05) is 48.8 Å². The topological polar surface area (TPSA) is 46.0 Å². The van der Waals surface area contributed by atoms with Crippen molar-refractivity contribution in [1.29, 1.82) is 0 Å². The predicted octanol–water partition coefficient (Wildman–Crippen LogP) is 2.99. The molecule has 4 rings (SSSR count). The predicted molar refractivity (Wildman–Crippen MR) is 101 cm³/mol. The summed E-state index contributed by atoms with van der Waals surface area (Å²) in [6.45, 7) is 0.659. The van der Waals surface area contributed by atoms with Crippen LogP contribution in [-0.2, 0) is 13.6 Å². The molecule has 0 aromatic carbocycles. The van der Waals surface area contributed by atoms with Gasteiger partial charge in [0.1, 0.15) is 0 Å². The van der Waals surface area contributed by atoms with Gasteiger partial charge < -0.3 is 14.8 Å². The molecular formula is C19H19N5S. The molecule has 0 aliphatic carbocycles. The molecule has 0 amide bonds. The fraction of sp³-hybridized carbons (Fsp3) is 0.211. The van der Waals surface area contributed by atoms with Gasteiger partial charge in [-0.05, 0) is 48.6 Å². The van der Waals surface area contributed by atoms with Crippen molar-refractivity contribution < 1.29 is 0 Å². The van der Waals surface area contributed by atoms with Gasteiger partial charge in [-0.1, -0.05) is 12.1 Å². The molecule has 1 saturated heterocycles. The minimum absolute atomic E-state index is 0.00557. The summed E-state index contributed by atoms with van der Waals surface area (Å²) < 4.78 is 2.14. The van der Waals surface area contributed by atoms with Crippen LogP contribution in [0.4, 0.5) is 0 Å². The minimum Gasteiger partial charge on any atom is -0.353 e. The van der Waals surface area contributed by atoms with Crippen molar-refractivity contribution in [3.8, 4) is 0 Å². The lowest BCUT2D eigenvalue weighted by Gasteiger charge is -2.28. The first kappa shape index (κ1) is 15.8. The molecule has 3 aromatic heterocycles. The molecular weight excluding hydrogens is 330 g/mol. The van der Waals surface area contributed by atoms with Gasteiger partial charge in [-0.2, -0.15) is 0 Å². The standard InChI is InChI=1S/C19H19N5S/c1-23-12-6-9-16(23)18-17(15-8-3-5-11-21-15)22-19(25)24(18)13-14-7-2-4-10-20-14/h2-12,17-18H,13H2,1H3,(H,22,25). The lowest BCUT2D eigenvalue weighted by Crippen LogP contribution is -2.30. The second-order valence-electron chi connectivity index (χ2n) is 6.12. The number of nitrogens with zero attached hydrogens (tertiary/aromatic N) is 4. The van der Waals surface area contributed by atoms with E-state index >= 15 is 0 Å². The fourth-order valence-corrected chi connectivity index (χ4v) is 3.65. The fourth-order valence-electron chi connectivity index (χ4n) is 3.35. The van der Waals surface area contributed by atoms with Crippen molar-refractivity contribution in [2.75, 3.05) is 0 Å². The molecule has 2 atom stereocenters. The summed E-state index contributed by atoms with van der Waals surface area (Å²) in [7, 11) is 2.06. The van der Waals surface area contributed by atoms with E-state index in [4.69, 9.17) is 12.2 Å². The van der Waals surface area contributed by atoms with Crippen LogP contribution < -0.4 is 5.32 Å². The Morgan fingerprint density at radius 2 is 1.84 bits per heavy atom. The Morgan fingerprint density at radius 3 is 2.48 bits per heavy atom. The molecule has 0 spiro atoms. The zero-order chi connectivity index (χ0) is 17.2. The maximum Gasteiger partial charge on any atom is 0.170 e. The summed E-state index contributed by atoms with van der Waals surface area (Å²) in [5, 5.41) is 4.19. The maximum absolute atomic E-state index is 5.66. The highest BCUT2D eigenvalue weighted by Gasteiger charge is 2.40. The average Bonchev–Trinajstić information content (AvgIpc) is 3.20. The molecule has 25 heavy (non-hydrogen) atoms. The van der Waals surface area contributed by atoms with E-state index < -0.39 is 0 Å². The summed E-state index contributed by atoms with van der Waals surface area (Å²) >= 11 is 5.66. The van der Waals surface area contributed by atoms with E-state index in [0.717, 1.165) is 16.5 Å². The summed E-state index contributed by atoms with van der Waals surface area (Å²) in [5.74, 6) is 0. The molecule has 2 unspecified atom stereocenters. The quantitative estimate of drug-likeness (QED) is 0.734. The number of nitrogens with one attached hydrogen (secondary N) is 1. The maximum atomic E-state index is 5.66. The second-order valence-corrected chi connectivity index (χ2v) is 6.51. The van der Waals surface area contributed by atoms with Crippen LogP contribution in [0.25, 0.3) is 0 Å². The minimum atomic E-state index is 0.00557. The summed E-state index contributed by atoms with van der Waals surface area (Å²) in [6, 6.07) is 16.2. The SMILES string of the molecule is Cn1cccc1C1C(c2ccccn2)NC(=S)N1Cc1ccccn1. The molecule has 1 aliphatic rings. The van der Waals surface area contributed by atoms with Crippen LogP contribution >= 0.6 is 12.2 Å². The molecule has 3 aromatic rings. The third kappa shape index (κ3) is 3.00. The van der Waals surface area contributed by atoms with Gasteiger partial charge in [0.05, 0.1) is 30.0 Å².